The summed E-state index contributed by atoms with van der Waals surface area (Å²) in [5, 5.41) is 17.3. The maximum atomic E-state index is 13.0. The highest BCUT2D eigenvalue weighted by Gasteiger charge is 2.23. The van der Waals surface area contributed by atoms with Gasteiger partial charge < -0.3 is 20.5 Å². The van der Waals surface area contributed by atoms with E-state index >= 15 is 0 Å². The SMILES string of the molecule is CC(C)(C)OC(=O)Cn1nc(CC(=O)Nc2cc(OCC3CC3)c(C#N)cc2N)c2ccccc2c1=O. The molecule has 1 aliphatic carbocycles. The molecule has 3 N–H and O–H groups in total. The molecule has 37 heavy (non-hydrogen) atoms. The predicted octanol–water partition coefficient (Wildman–Crippen LogP) is 3.16. The molecule has 1 amide bonds. The van der Waals surface area contributed by atoms with E-state index in [1.165, 1.54) is 6.07 Å². The van der Waals surface area contributed by atoms with Crippen molar-refractivity contribution in [2.45, 2.75) is 52.2 Å². The van der Waals surface area contributed by atoms with E-state index in [9.17, 15) is 19.6 Å². The van der Waals surface area contributed by atoms with Crippen LogP contribution in [0.15, 0.2) is 41.2 Å². The first kappa shape index (κ1) is 25.7. The predicted molar refractivity (Wildman–Crippen MR) is 138 cm³/mol. The van der Waals surface area contributed by atoms with E-state index in [1.54, 1.807) is 51.1 Å². The lowest BCUT2D eigenvalue weighted by Gasteiger charge is -2.19. The highest BCUT2D eigenvalue weighted by molar-refractivity contribution is 5.97. The van der Waals surface area contributed by atoms with Crippen LogP contribution in [-0.2, 0) is 27.3 Å². The average Bonchev–Trinajstić information content (AvgIpc) is 3.65. The van der Waals surface area contributed by atoms with Gasteiger partial charge in [-0.1, -0.05) is 18.2 Å². The van der Waals surface area contributed by atoms with Gasteiger partial charge >= 0.3 is 5.97 Å². The molecule has 1 aromatic heterocycles. The minimum atomic E-state index is -0.720. The van der Waals surface area contributed by atoms with Gasteiger partial charge in [0, 0.05) is 11.5 Å². The highest BCUT2D eigenvalue weighted by Crippen LogP contribution is 2.33. The first-order valence-corrected chi connectivity index (χ1v) is 12.0. The number of anilines is 2. The third-order valence-electron chi connectivity index (χ3n) is 5.69. The number of hydrogen-bond acceptors (Lipinski definition) is 8. The zero-order valence-electron chi connectivity index (χ0n) is 21.0. The molecule has 0 bridgehead atoms. The smallest absolute Gasteiger partial charge is 0.328 e. The Morgan fingerprint density at radius 1 is 1.22 bits per heavy atom. The van der Waals surface area contributed by atoms with Crippen LogP contribution in [0.5, 0.6) is 5.75 Å². The van der Waals surface area contributed by atoms with E-state index < -0.39 is 23.0 Å². The highest BCUT2D eigenvalue weighted by atomic mass is 16.6. The van der Waals surface area contributed by atoms with Crippen molar-refractivity contribution >= 4 is 34.0 Å². The number of nitrogens with one attached hydrogen (secondary N) is 1. The molecule has 0 radical (unpaired) electrons. The molecule has 1 heterocycles. The molecule has 2 aromatic carbocycles. The molecule has 3 aromatic rings. The number of amides is 1. The molecule has 1 saturated carbocycles. The standard InChI is InChI=1S/C27H29N5O5/c1-27(2,3)37-25(34)14-32-26(35)19-7-5-4-6-18(19)21(31-32)12-24(33)30-22-11-23(36-15-16-8-9-16)17(13-28)10-20(22)29/h4-7,10-11,16H,8-9,12,14-15,29H2,1-3H3,(H,30,33). The molecule has 0 saturated heterocycles. The number of nitrogen functional groups attached to an aromatic ring is 1. The number of nitrogens with zero attached hydrogens (tertiary/aromatic N) is 3. The summed E-state index contributed by atoms with van der Waals surface area (Å²) in [4.78, 5) is 38.3. The summed E-state index contributed by atoms with van der Waals surface area (Å²) < 4.78 is 12.1. The van der Waals surface area contributed by atoms with Gasteiger partial charge in [-0.25, -0.2) is 4.68 Å². The Hall–Kier alpha value is -4.39. The van der Waals surface area contributed by atoms with Gasteiger partial charge in [0.05, 0.1) is 41.0 Å². The zero-order chi connectivity index (χ0) is 26.7. The van der Waals surface area contributed by atoms with Gasteiger partial charge in [-0.3, -0.25) is 14.4 Å². The molecule has 10 heteroatoms. The van der Waals surface area contributed by atoms with E-state index in [4.69, 9.17) is 15.2 Å². The van der Waals surface area contributed by atoms with E-state index in [1.807, 2.05) is 0 Å². The van der Waals surface area contributed by atoms with Crippen LogP contribution >= 0.6 is 0 Å². The van der Waals surface area contributed by atoms with Crippen molar-refractivity contribution < 1.29 is 19.1 Å². The second-order valence-electron chi connectivity index (χ2n) is 10.1. The first-order chi connectivity index (χ1) is 17.5. The number of ether oxygens (including phenoxy) is 2. The zero-order valence-corrected chi connectivity index (χ0v) is 21.0. The Labute approximate surface area is 214 Å². The number of hydrogen-bond donors (Lipinski definition) is 2. The number of benzene rings is 2. The van der Waals surface area contributed by atoms with Crippen LogP contribution in [0, 0.1) is 17.2 Å². The first-order valence-electron chi connectivity index (χ1n) is 12.0. The topological polar surface area (TPSA) is 149 Å². The van der Waals surface area contributed by atoms with Gasteiger partial charge in [-0.2, -0.15) is 10.4 Å². The van der Waals surface area contributed by atoms with E-state index in [2.05, 4.69) is 16.5 Å². The molecule has 192 valence electrons. The minimum Gasteiger partial charge on any atom is -0.492 e. The fourth-order valence-corrected chi connectivity index (χ4v) is 3.79. The summed E-state index contributed by atoms with van der Waals surface area (Å²) in [5.41, 5.74) is 6.03. The summed E-state index contributed by atoms with van der Waals surface area (Å²) in [5.74, 6) is -0.215. The lowest BCUT2D eigenvalue weighted by atomic mass is 10.1. The summed E-state index contributed by atoms with van der Waals surface area (Å²) in [7, 11) is 0. The molecule has 1 fully saturated rings. The Bertz CT molecular complexity index is 1460. The van der Waals surface area contributed by atoms with E-state index in [0.29, 0.717) is 40.4 Å². The van der Waals surface area contributed by atoms with Crippen molar-refractivity contribution in [1.82, 2.24) is 9.78 Å². The maximum Gasteiger partial charge on any atom is 0.328 e. The Morgan fingerprint density at radius 3 is 2.57 bits per heavy atom. The molecule has 0 aliphatic heterocycles. The number of carbonyl (C=O) groups is 2. The second-order valence-corrected chi connectivity index (χ2v) is 10.1. The molecule has 1 aliphatic rings. The van der Waals surface area contributed by atoms with Crippen LogP contribution in [0.2, 0.25) is 0 Å². The lowest BCUT2D eigenvalue weighted by Crippen LogP contribution is -2.33. The fraction of sp³-hybridized carbons (Fsp3) is 0.370. The number of aromatic nitrogens is 2. The van der Waals surface area contributed by atoms with E-state index in [0.717, 1.165) is 17.5 Å². The molecule has 4 rings (SSSR count). The van der Waals surface area contributed by atoms with Crippen molar-refractivity contribution in [3.05, 3.63) is 58.0 Å². The monoisotopic (exact) mass is 503 g/mol. The number of esters is 1. The molecule has 0 atom stereocenters. The lowest BCUT2D eigenvalue weighted by molar-refractivity contribution is -0.155. The van der Waals surface area contributed by atoms with Crippen LogP contribution in [0.25, 0.3) is 10.8 Å². The van der Waals surface area contributed by atoms with Crippen LogP contribution in [0.3, 0.4) is 0 Å². The van der Waals surface area contributed by atoms with Crippen molar-refractivity contribution in [3.8, 4) is 11.8 Å². The largest absolute Gasteiger partial charge is 0.492 e. The number of nitrogens with two attached hydrogens (primary N) is 1. The van der Waals surface area contributed by atoms with Gasteiger partial charge in [0.1, 0.15) is 24.0 Å². The third kappa shape index (κ3) is 6.44. The summed E-state index contributed by atoms with van der Waals surface area (Å²) in [6.45, 7) is 5.30. The molecule has 0 unspecified atom stereocenters. The van der Waals surface area contributed by atoms with Crippen molar-refractivity contribution in [1.29, 1.82) is 5.26 Å². The van der Waals surface area contributed by atoms with Crippen molar-refractivity contribution in [2.24, 2.45) is 5.92 Å². The normalized spacial score (nSPS) is 13.1. The van der Waals surface area contributed by atoms with Gasteiger partial charge in [-0.15, -0.1) is 0 Å². The number of nitriles is 1. The molecular formula is C27H29N5O5. The van der Waals surface area contributed by atoms with Crippen molar-refractivity contribution in [3.63, 3.8) is 0 Å². The second kappa shape index (κ2) is 10.3. The van der Waals surface area contributed by atoms with Gasteiger partial charge in [-0.05, 0) is 51.7 Å². The Morgan fingerprint density at radius 2 is 1.92 bits per heavy atom. The van der Waals surface area contributed by atoms with Gasteiger partial charge in [0.15, 0.2) is 0 Å². The molecule has 0 spiro atoms. The summed E-state index contributed by atoms with van der Waals surface area (Å²) in [6.07, 6.45) is 2.00. The van der Waals surface area contributed by atoms with Crippen LogP contribution in [-0.4, -0.2) is 33.9 Å². The Kier molecular flexibility index (Phi) is 7.16. The summed E-state index contributed by atoms with van der Waals surface area (Å²) >= 11 is 0. The Balaban J connectivity index is 1.59. The van der Waals surface area contributed by atoms with Crippen molar-refractivity contribution in [2.75, 3.05) is 17.7 Å². The average molecular weight is 504 g/mol. The molecule has 10 nitrogen and oxygen atoms in total. The number of rotatable bonds is 8. The van der Waals surface area contributed by atoms with E-state index in [-0.39, 0.29) is 24.2 Å². The minimum absolute atomic E-state index is 0.188. The van der Waals surface area contributed by atoms with Crippen LogP contribution < -0.4 is 21.3 Å². The quantitative estimate of drug-likeness (QED) is 0.352. The third-order valence-corrected chi connectivity index (χ3v) is 5.69. The number of carbonyl (C=O) groups excluding carboxylic acids is 2. The number of fused-ring (bicyclic) bond motifs is 1. The molecular weight excluding hydrogens is 474 g/mol. The summed E-state index contributed by atoms with van der Waals surface area (Å²) in [6, 6.07) is 11.8. The maximum absolute atomic E-state index is 13.0. The fourth-order valence-electron chi connectivity index (χ4n) is 3.79. The van der Waals surface area contributed by atoms with Crippen LogP contribution in [0.1, 0.15) is 44.9 Å². The van der Waals surface area contributed by atoms with Gasteiger partial charge in [0.2, 0.25) is 5.91 Å². The van der Waals surface area contributed by atoms with Crippen LogP contribution in [0.4, 0.5) is 11.4 Å². The van der Waals surface area contributed by atoms with Gasteiger partial charge in [0.25, 0.3) is 5.56 Å².